The molecule has 0 unspecified atom stereocenters. The van der Waals surface area contributed by atoms with Gasteiger partial charge >= 0.3 is 0 Å². The second-order valence-electron chi connectivity index (χ2n) is 2.61. The molecule has 3 heteroatoms. The third-order valence-electron chi connectivity index (χ3n) is 1.75. The Hall–Kier alpha value is -1.51. The Bertz CT molecular complexity index is 305. The maximum Gasteiger partial charge on any atom is 0.118 e. The van der Waals surface area contributed by atoms with Gasteiger partial charge in [0.25, 0.3) is 0 Å². The van der Waals surface area contributed by atoms with Crippen molar-refractivity contribution in [1.82, 2.24) is 0 Å². The molecule has 0 saturated carbocycles. The molecule has 0 radical (unpaired) electrons. The van der Waals surface area contributed by atoms with E-state index in [1.165, 1.54) is 6.07 Å². The van der Waals surface area contributed by atoms with Gasteiger partial charge in [0, 0.05) is 12.4 Å². The molecule has 0 aliphatic heterocycles. The first-order valence-corrected chi connectivity index (χ1v) is 3.58. The van der Waals surface area contributed by atoms with Gasteiger partial charge in [0.15, 0.2) is 0 Å². The van der Waals surface area contributed by atoms with E-state index in [9.17, 15) is 15.0 Å². The van der Waals surface area contributed by atoms with E-state index < -0.39 is 5.97 Å². The Morgan fingerprint density at radius 1 is 1.58 bits per heavy atom. The van der Waals surface area contributed by atoms with Crippen LogP contribution in [0, 0.1) is 6.92 Å². The molecule has 0 saturated heterocycles. The van der Waals surface area contributed by atoms with Crippen LogP contribution in [0.5, 0.6) is 5.75 Å². The van der Waals surface area contributed by atoms with E-state index in [0.29, 0.717) is 11.1 Å². The van der Waals surface area contributed by atoms with E-state index in [0.717, 1.165) is 0 Å². The summed E-state index contributed by atoms with van der Waals surface area (Å²) in [4.78, 5) is 10.2. The minimum atomic E-state index is -1.14. The number of carboxylic acid groups (broad SMARTS) is 1. The number of aromatic hydroxyl groups is 1. The number of carbonyl (C=O) groups excluding carboxylic acids is 1. The lowest BCUT2D eigenvalue weighted by Crippen LogP contribution is -2.24. The fourth-order valence-corrected chi connectivity index (χ4v) is 1.02. The number of carbonyl (C=O) groups is 1. The molecule has 1 N–H and O–H groups in total. The average molecular weight is 165 g/mol. The van der Waals surface area contributed by atoms with Gasteiger partial charge in [0.1, 0.15) is 5.75 Å². The summed E-state index contributed by atoms with van der Waals surface area (Å²) in [6, 6.07) is 4.79. The van der Waals surface area contributed by atoms with Crippen molar-refractivity contribution in [3.05, 3.63) is 29.3 Å². The first-order valence-electron chi connectivity index (χ1n) is 3.58. The maximum atomic E-state index is 10.2. The van der Waals surface area contributed by atoms with Crippen LogP contribution in [-0.2, 0) is 11.2 Å². The molecular weight excluding hydrogens is 156 g/mol. The van der Waals surface area contributed by atoms with E-state index in [1.54, 1.807) is 19.1 Å². The number of aliphatic carboxylic acids is 1. The number of carboxylic acids is 1. The largest absolute Gasteiger partial charge is 0.550 e. The topological polar surface area (TPSA) is 60.4 Å². The van der Waals surface area contributed by atoms with Crippen LogP contribution in [0.4, 0.5) is 0 Å². The fourth-order valence-electron chi connectivity index (χ4n) is 1.02. The van der Waals surface area contributed by atoms with Crippen LogP contribution in [0.15, 0.2) is 18.2 Å². The number of benzene rings is 1. The van der Waals surface area contributed by atoms with Gasteiger partial charge < -0.3 is 15.0 Å². The van der Waals surface area contributed by atoms with Gasteiger partial charge in [-0.05, 0) is 24.1 Å². The molecule has 0 aromatic heterocycles. The SMILES string of the molecule is Cc1c(O)cccc1CC(=O)[O-]. The third kappa shape index (κ3) is 1.75. The van der Waals surface area contributed by atoms with Gasteiger partial charge in [-0.2, -0.15) is 0 Å². The number of phenolic OH excluding ortho intramolecular Hbond substituents is 1. The lowest BCUT2D eigenvalue weighted by atomic mass is 10.1. The predicted octanol–water partition coefficient (Wildman–Crippen LogP) is -0.00698. The van der Waals surface area contributed by atoms with E-state index in [4.69, 9.17) is 0 Å². The third-order valence-corrected chi connectivity index (χ3v) is 1.75. The highest BCUT2D eigenvalue weighted by Crippen LogP contribution is 2.19. The van der Waals surface area contributed by atoms with Gasteiger partial charge in [0.05, 0.1) is 0 Å². The smallest absolute Gasteiger partial charge is 0.118 e. The molecule has 0 bridgehead atoms. The lowest BCUT2D eigenvalue weighted by Gasteiger charge is -2.07. The van der Waals surface area contributed by atoms with E-state index in [2.05, 4.69) is 0 Å². The molecule has 1 aromatic carbocycles. The molecule has 1 rings (SSSR count). The summed E-state index contributed by atoms with van der Waals surface area (Å²) in [6.45, 7) is 1.67. The zero-order chi connectivity index (χ0) is 9.14. The summed E-state index contributed by atoms with van der Waals surface area (Å²) >= 11 is 0. The zero-order valence-corrected chi connectivity index (χ0v) is 6.70. The van der Waals surface area contributed by atoms with Gasteiger partial charge in [-0.25, -0.2) is 0 Å². The van der Waals surface area contributed by atoms with Crippen LogP contribution in [0.3, 0.4) is 0 Å². The lowest BCUT2D eigenvalue weighted by molar-refractivity contribution is -0.304. The molecule has 0 atom stereocenters. The molecule has 0 aliphatic carbocycles. The van der Waals surface area contributed by atoms with Crippen molar-refractivity contribution in [2.24, 2.45) is 0 Å². The minimum Gasteiger partial charge on any atom is -0.550 e. The fraction of sp³-hybridized carbons (Fsp3) is 0.222. The van der Waals surface area contributed by atoms with Crippen molar-refractivity contribution < 1.29 is 15.0 Å². The Morgan fingerprint density at radius 2 is 2.25 bits per heavy atom. The van der Waals surface area contributed by atoms with Crippen molar-refractivity contribution in [2.45, 2.75) is 13.3 Å². The number of hydrogen-bond acceptors (Lipinski definition) is 3. The van der Waals surface area contributed by atoms with Crippen LogP contribution in [0.1, 0.15) is 11.1 Å². The van der Waals surface area contributed by atoms with Crippen LogP contribution >= 0.6 is 0 Å². The van der Waals surface area contributed by atoms with E-state index in [-0.39, 0.29) is 12.2 Å². The molecule has 12 heavy (non-hydrogen) atoms. The van der Waals surface area contributed by atoms with Crippen LogP contribution in [-0.4, -0.2) is 11.1 Å². The van der Waals surface area contributed by atoms with Crippen molar-refractivity contribution in [3.63, 3.8) is 0 Å². The monoisotopic (exact) mass is 165 g/mol. The Morgan fingerprint density at radius 3 is 2.83 bits per heavy atom. The van der Waals surface area contributed by atoms with Crippen molar-refractivity contribution >= 4 is 5.97 Å². The second kappa shape index (κ2) is 3.26. The van der Waals surface area contributed by atoms with Crippen LogP contribution < -0.4 is 5.11 Å². The van der Waals surface area contributed by atoms with E-state index >= 15 is 0 Å². The number of phenols is 1. The molecule has 0 amide bonds. The summed E-state index contributed by atoms with van der Waals surface area (Å²) in [5, 5.41) is 19.4. The molecule has 0 fully saturated rings. The average Bonchev–Trinajstić information content (AvgIpc) is 1.98. The minimum absolute atomic E-state index is 0.119. The molecule has 0 heterocycles. The summed E-state index contributed by atoms with van der Waals surface area (Å²) in [7, 11) is 0. The van der Waals surface area contributed by atoms with Crippen molar-refractivity contribution in [2.75, 3.05) is 0 Å². The van der Waals surface area contributed by atoms with Gasteiger partial charge in [-0.15, -0.1) is 0 Å². The zero-order valence-electron chi connectivity index (χ0n) is 6.70. The predicted molar refractivity (Wildman–Crippen MR) is 41.6 cm³/mol. The van der Waals surface area contributed by atoms with Crippen molar-refractivity contribution in [1.29, 1.82) is 0 Å². The Kier molecular flexibility index (Phi) is 2.33. The summed E-state index contributed by atoms with van der Waals surface area (Å²) < 4.78 is 0. The molecule has 0 spiro atoms. The molecule has 0 aliphatic rings. The molecule has 64 valence electrons. The van der Waals surface area contributed by atoms with Crippen molar-refractivity contribution in [3.8, 4) is 5.75 Å². The quantitative estimate of drug-likeness (QED) is 0.670. The summed E-state index contributed by atoms with van der Waals surface area (Å²) in [6.07, 6.45) is -0.153. The molecule has 1 aromatic rings. The van der Waals surface area contributed by atoms with E-state index in [1.807, 2.05) is 0 Å². The number of rotatable bonds is 2. The van der Waals surface area contributed by atoms with Crippen LogP contribution in [0.2, 0.25) is 0 Å². The van der Waals surface area contributed by atoms with Gasteiger partial charge in [-0.1, -0.05) is 12.1 Å². The standard InChI is InChI=1S/C9H10O3/c1-6-7(5-9(11)12)3-2-4-8(6)10/h2-4,10H,5H2,1H3,(H,11,12)/p-1. The number of hydrogen-bond donors (Lipinski definition) is 1. The first-order chi connectivity index (χ1) is 5.61. The Balaban J connectivity index is 3.00. The van der Waals surface area contributed by atoms with Gasteiger partial charge in [-0.3, -0.25) is 0 Å². The summed E-state index contributed by atoms with van der Waals surface area (Å²) in [5.74, 6) is -1.02. The van der Waals surface area contributed by atoms with Crippen LogP contribution in [0.25, 0.3) is 0 Å². The first kappa shape index (κ1) is 8.59. The molecular formula is C9H9O3-. The maximum absolute atomic E-state index is 10.2. The second-order valence-corrected chi connectivity index (χ2v) is 2.61. The normalized spacial score (nSPS) is 9.75. The summed E-state index contributed by atoms with van der Waals surface area (Å²) in [5.41, 5.74) is 1.19. The molecule has 3 nitrogen and oxygen atoms in total. The van der Waals surface area contributed by atoms with Gasteiger partial charge in [0.2, 0.25) is 0 Å². The Labute approximate surface area is 70.3 Å². The highest BCUT2D eigenvalue weighted by atomic mass is 16.4. The highest BCUT2D eigenvalue weighted by Gasteiger charge is 2.01. The highest BCUT2D eigenvalue weighted by molar-refractivity contribution is 5.69.